The summed E-state index contributed by atoms with van der Waals surface area (Å²) in [7, 11) is 0. The average Bonchev–Trinajstić information content (AvgIpc) is 2.51. The summed E-state index contributed by atoms with van der Waals surface area (Å²) < 4.78 is 0. The standard InChI is InChI=1S/C18H33N4O4/c1-15(2)11-19(13(23)17(5,6)21(15)25)9-10-20-12-16(3,4)22(26)18(7,8)14(20)24/h25H,9-12H2,1-8H3. The van der Waals surface area contributed by atoms with E-state index in [4.69, 9.17) is 0 Å². The lowest BCUT2D eigenvalue weighted by Crippen LogP contribution is -2.72. The fraction of sp³-hybridized carbons (Fsp3) is 0.889. The minimum absolute atomic E-state index is 0.173. The third-order valence-electron chi connectivity index (χ3n) is 5.58. The van der Waals surface area contributed by atoms with Gasteiger partial charge in [0.05, 0.1) is 11.1 Å². The minimum Gasteiger partial charge on any atom is -0.337 e. The highest BCUT2D eigenvalue weighted by atomic mass is 16.5. The fourth-order valence-electron chi connectivity index (χ4n) is 4.28. The third-order valence-corrected chi connectivity index (χ3v) is 5.58. The van der Waals surface area contributed by atoms with Crippen LogP contribution >= 0.6 is 0 Å². The second kappa shape index (κ2) is 6.15. The summed E-state index contributed by atoms with van der Waals surface area (Å²) in [5.41, 5.74) is -3.44. The van der Waals surface area contributed by atoms with Crippen molar-refractivity contribution in [3.63, 3.8) is 0 Å². The average molecular weight is 369 g/mol. The Labute approximate surface area is 156 Å². The Morgan fingerprint density at radius 2 is 1.15 bits per heavy atom. The van der Waals surface area contributed by atoms with Crippen molar-refractivity contribution >= 4 is 11.8 Å². The van der Waals surface area contributed by atoms with Gasteiger partial charge in [0.1, 0.15) is 11.1 Å². The molecule has 0 aliphatic carbocycles. The van der Waals surface area contributed by atoms with E-state index in [1.165, 1.54) is 0 Å². The molecule has 2 aliphatic rings. The number of nitrogens with zero attached hydrogens (tertiary/aromatic N) is 4. The maximum absolute atomic E-state index is 12.8. The van der Waals surface area contributed by atoms with Gasteiger partial charge in [0.25, 0.3) is 0 Å². The van der Waals surface area contributed by atoms with Gasteiger partial charge in [-0.1, -0.05) is 0 Å². The van der Waals surface area contributed by atoms with Crippen LogP contribution in [0.3, 0.4) is 0 Å². The molecule has 8 heteroatoms. The first kappa shape index (κ1) is 21.1. The zero-order chi connectivity index (χ0) is 20.3. The first-order valence-corrected chi connectivity index (χ1v) is 9.10. The highest BCUT2D eigenvalue weighted by molar-refractivity contribution is 5.87. The second-order valence-electron chi connectivity index (χ2n) is 9.80. The van der Waals surface area contributed by atoms with Crippen LogP contribution in [-0.2, 0) is 14.8 Å². The molecule has 0 aromatic rings. The molecule has 1 N–H and O–H groups in total. The molecule has 2 heterocycles. The summed E-state index contributed by atoms with van der Waals surface area (Å²) in [5.74, 6) is -0.397. The lowest BCUT2D eigenvalue weighted by Gasteiger charge is -2.53. The van der Waals surface area contributed by atoms with E-state index in [-0.39, 0.29) is 11.8 Å². The SMILES string of the molecule is CC1(C)CN(CCN2CC(C)(C)N(O)C(C)(C)C2=O)C(=O)C(C)(C)N1[O]. The van der Waals surface area contributed by atoms with Gasteiger partial charge in [-0.3, -0.25) is 9.59 Å². The predicted octanol–water partition coefficient (Wildman–Crippen LogP) is 1.12. The van der Waals surface area contributed by atoms with E-state index in [2.05, 4.69) is 0 Å². The quantitative estimate of drug-likeness (QED) is 0.806. The highest BCUT2D eigenvalue weighted by Gasteiger charge is 2.53. The number of piperazine rings is 2. The first-order valence-electron chi connectivity index (χ1n) is 9.10. The van der Waals surface area contributed by atoms with E-state index >= 15 is 0 Å². The largest absolute Gasteiger partial charge is 0.337 e. The zero-order valence-corrected chi connectivity index (χ0v) is 17.3. The normalized spacial score (nSPS) is 28.5. The van der Waals surface area contributed by atoms with Crippen LogP contribution in [0.2, 0.25) is 0 Å². The third kappa shape index (κ3) is 3.24. The van der Waals surface area contributed by atoms with Gasteiger partial charge >= 0.3 is 0 Å². The molecule has 26 heavy (non-hydrogen) atoms. The van der Waals surface area contributed by atoms with Crippen LogP contribution in [0, 0.1) is 0 Å². The van der Waals surface area contributed by atoms with E-state index in [1.807, 2.05) is 27.7 Å². The maximum Gasteiger partial charge on any atom is 0.245 e. The van der Waals surface area contributed by atoms with Crippen LogP contribution < -0.4 is 0 Å². The molecule has 2 amide bonds. The van der Waals surface area contributed by atoms with Gasteiger partial charge in [-0.15, -0.1) is 10.3 Å². The molecule has 0 saturated carbocycles. The van der Waals surface area contributed by atoms with Crippen molar-refractivity contribution in [2.24, 2.45) is 0 Å². The van der Waals surface area contributed by atoms with Gasteiger partial charge in [-0.2, -0.15) is 5.06 Å². The molecular weight excluding hydrogens is 336 g/mol. The van der Waals surface area contributed by atoms with Gasteiger partial charge in [0.15, 0.2) is 0 Å². The second-order valence-corrected chi connectivity index (χ2v) is 9.80. The smallest absolute Gasteiger partial charge is 0.245 e. The zero-order valence-electron chi connectivity index (χ0n) is 17.3. The van der Waals surface area contributed by atoms with Crippen LogP contribution in [0.1, 0.15) is 55.4 Å². The summed E-state index contributed by atoms with van der Waals surface area (Å²) in [6.45, 7) is 15.5. The van der Waals surface area contributed by atoms with E-state index in [1.54, 1.807) is 37.5 Å². The lowest BCUT2D eigenvalue weighted by atomic mass is 9.89. The first-order chi connectivity index (χ1) is 11.5. The molecule has 8 nitrogen and oxygen atoms in total. The maximum atomic E-state index is 12.8. The Hall–Kier alpha value is -1.22. The molecule has 2 aliphatic heterocycles. The van der Waals surface area contributed by atoms with E-state index < -0.39 is 22.2 Å². The van der Waals surface area contributed by atoms with E-state index in [9.17, 15) is 20.0 Å². The number of hydrogen-bond acceptors (Lipinski definition) is 5. The molecule has 149 valence electrons. The van der Waals surface area contributed by atoms with Crippen molar-refractivity contribution in [3.8, 4) is 0 Å². The number of carbonyl (C=O) groups is 2. The van der Waals surface area contributed by atoms with Gasteiger partial charge < -0.3 is 15.0 Å². The van der Waals surface area contributed by atoms with Crippen LogP contribution in [0.4, 0.5) is 0 Å². The van der Waals surface area contributed by atoms with Crippen molar-refractivity contribution in [1.82, 2.24) is 19.9 Å². The van der Waals surface area contributed by atoms with Crippen molar-refractivity contribution in [1.29, 1.82) is 0 Å². The van der Waals surface area contributed by atoms with Crippen molar-refractivity contribution in [2.75, 3.05) is 26.2 Å². The van der Waals surface area contributed by atoms with Crippen LogP contribution in [0.5, 0.6) is 0 Å². The molecule has 0 unspecified atom stereocenters. The number of amides is 2. The van der Waals surface area contributed by atoms with Gasteiger partial charge in [0, 0.05) is 26.2 Å². The Morgan fingerprint density at radius 3 is 1.62 bits per heavy atom. The highest BCUT2D eigenvalue weighted by Crippen LogP contribution is 2.33. The summed E-state index contributed by atoms with van der Waals surface area (Å²) in [4.78, 5) is 28.9. The summed E-state index contributed by atoms with van der Waals surface area (Å²) in [6, 6.07) is 0. The molecular formula is C18H33N4O4. The van der Waals surface area contributed by atoms with Crippen LogP contribution in [0.25, 0.3) is 0 Å². The molecule has 1 radical (unpaired) electrons. The monoisotopic (exact) mass is 369 g/mol. The fourth-order valence-corrected chi connectivity index (χ4v) is 4.28. The number of rotatable bonds is 3. The van der Waals surface area contributed by atoms with Crippen molar-refractivity contribution in [3.05, 3.63) is 0 Å². The van der Waals surface area contributed by atoms with Gasteiger partial charge in [-0.25, -0.2) is 0 Å². The number of carbonyl (C=O) groups excluding carboxylic acids is 2. The summed E-state index contributed by atoms with van der Waals surface area (Å²) >= 11 is 0. The van der Waals surface area contributed by atoms with E-state index in [0.29, 0.717) is 26.2 Å². The molecule has 2 fully saturated rings. The topological polar surface area (TPSA) is 87.2 Å². The van der Waals surface area contributed by atoms with Gasteiger partial charge in [0.2, 0.25) is 11.8 Å². The number of hydroxylamine groups is 4. The Balaban J connectivity index is 2.15. The van der Waals surface area contributed by atoms with Gasteiger partial charge in [-0.05, 0) is 55.4 Å². The predicted molar refractivity (Wildman–Crippen MR) is 95.6 cm³/mol. The molecule has 0 bridgehead atoms. The Bertz CT molecular complexity index is 548. The molecule has 2 rings (SSSR count). The molecule has 2 saturated heterocycles. The molecule has 0 aromatic heterocycles. The number of hydrogen-bond donors (Lipinski definition) is 1. The minimum atomic E-state index is -1.13. The summed E-state index contributed by atoms with van der Waals surface area (Å²) in [6.07, 6.45) is 0. The van der Waals surface area contributed by atoms with Crippen LogP contribution in [-0.4, -0.2) is 85.3 Å². The Morgan fingerprint density at radius 1 is 0.769 bits per heavy atom. The lowest BCUT2D eigenvalue weighted by molar-refractivity contribution is -0.284. The van der Waals surface area contributed by atoms with E-state index in [0.717, 1.165) is 10.1 Å². The van der Waals surface area contributed by atoms with Crippen molar-refractivity contribution in [2.45, 2.75) is 77.5 Å². The molecule has 0 atom stereocenters. The molecule has 0 aromatic carbocycles. The van der Waals surface area contributed by atoms with Crippen molar-refractivity contribution < 1.29 is 20.0 Å². The van der Waals surface area contributed by atoms with Crippen LogP contribution in [0.15, 0.2) is 0 Å². The Kier molecular flexibility index (Phi) is 4.99. The molecule has 0 spiro atoms. The summed E-state index contributed by atoms with van der Waals surface area (Å²) in [5, 5.41) is 24.8.